The van der Waals surface area contributed by atoms with Crippen LogP contribution in [0.3, 0.4) is 0 Å². The maximum absolute atomic E-state index is 13.1. The SMILES string of the molecule is CCCNC(C)c1ncc(-c2cc(F)cc(F)c2)o1. The summed E-state index contributed by atoms with van der Waals surface area (Å²) in [4.78, 5) is 4.13. The molecule has 0 fully saturated rings. The third kappa shape index (κ3) is 3.38. The molecule has 19 heavy (non-hydrogen) atoms. The van der Waals surface area contributed by atoms with Crippen molar-refractivity contribution in [2.24, 2.45) is 0 Å². The van der Waals surface area contributed by atoms with E-state index in [2.05, 4.69) is 17.2 Å². The Morgan fingerprint density at radius 1 is 1.26 bits per heavy atom. The van der Waals surface area contributed by atoms with E-state index in [0.717, 1.165) is 19.0 Å². The molecule has 5 heteroatoms. The molecule has 2 aromatic rings. The normalized spacial score (nSPS) is 12.6. The first-order valence-corrected chi connectivity index (χ1v) is 6.25. The monoisotopic (exact) mass is 266 g/mol. The molecule has 1 heterocycles. The fraction of sp³-hybridized carbons (Fsp3) is 0.357. The van der Waals surface area contributed by atoms with Gasteiger partial charge in [-0.1, -0.05) is 6.92 Å². The second-order valence-corrected chi connectivity index (χ2v) is 4.40. The molecular formula is C14H16F2N2O. The second kappa shape index (κ2) is 5.93. The Labute approximate surface area is 110 Å². The molecule has 3 nitrogen and oxygen atoms in total. The molecule has 0 saturated heterocycles. The predicted molar refractivity (Wildman–Crippen MR) is 68.6 cm³/mol. The minimum absolute atomic E-state index is 0.0351. The van der Waals surface area contributed by atoms with Crippen LogP contribution in [0.25, 0.3) is 11.3 Å². The van der Waals surface area contributed by atoms with Crippen molar-refractivity contribution in [3.05, 3.63) is 41.9 Å². The Morgan fingerprint density at radius 3 is 2.58 bits per heavy atom. The molecule has 0 aliphatic heterocycles. The van der Waals surface area contributed by atoms with Gasteiger partial charge in [0.2, 0.25) is 5.89 Å². The van der Waals surface area contributed by atoms with Gasteiger partial charge in [-0.3, -0.25) is 0 Å². The van der Waals surface area contributed by atoms with Crippen LogP contribution in [0.4, 0.5) is 8.78 Å². The Kier molecular flexibility index (Phi) is 4.27. The van der Waals surface area contributed by atoms with Gasteiger partial charge in [0, 0.05) is 11.6 Å². The number of rotatable bonds is 5. The van der Waals surface area contributed by atoms with E-state index < -0.39 is 11.6 Å². The van der Waals surface area contributed by atoms with Crippen molar-refractivity contribution in [1.29, 1.82) is 0 Å². The van der Waals surface area contributed by atoms with Crippen LogP contribution < -0.4 is 5.32 Å². The Bertz CT molecular complexity index is 534. The van der Waals surface area contributed by atoms with Crippen LogP contribution in [0.15, 0.2) is 28.8 Å². The molecule has 1 aromatic carbocycles. The molecule has 0 aliphatic rings. The van der Waals surface area contributed by atoms with Gasteiger partial charge >= 0.3 is 0 Å². The molecule has 0 saturated carbocycles. The largest absolute Gasteiger partial charge is 0.439 e. The first-order chi connectivity index (χ1) is 9.10. The van der Waals surface area contributed by atoms with E-state index in [0.29, 0.717) is 17.2 Å². The van der Waals surface area contributed by atoms with Crippen molar-refractivity contribution in [2.75, 3.05) is 6.54 Å². The summed E-state index contributed by atoms with van der Waals surface area (Å²) < 4.78 is 31.8. The highest BCUT2D eigenvalue weighted by atomic mass is 19.1. The molecule has 0 spiro atoms. The molecule has 1 unspecified atom stereocenters. The highest BCUT2D eigenvalue weighted by Crippen LogP contribution is 2.24. The lowest BCUT2D eigenvalue weighted by atomic mass is 10.2. The summed E-state index contributed by atoms with van der Waals surface area (Å²) >= 11 is 0. The fourth-order valence-electron chi connectivity index (χ4n) is 1.77. The molecule has 0 radical (unpaired) electrons. The van der Waals surface area contributed by atoms with E-state index in [-0.39, 0.29) is 6.04 Å². The number of hydrogen-bond donors (Lipinski definition) is 1. The van der Waals surface area contributed by atoms with E-state index in [1.165, 1.54) is 18.3 Å². The van der Waals surface area contributed by atoms with Gasteiger partial charge in [0.1, 0.15) is 11.6 Å². The van der Waals surface area contributed by atoms with Crippen molar-refractivity contribution < 1.29 is 13.2 Å². The zero-order valence-electron chi connectivity index (χ0n) is 10.9. The number of nitrogens with zero attached hydrogens (tertiary/aromatic N) is 1. The number of oxazole rings is 1. The lowest BCUT2D eigenvalue weighted by molar-refractivity contribution is 0.423. The lowest BCUT2D eigenvalue weighted by Gasteiger charge is -2.08. The zero-order valence-corrected chi connectivity index (χ0v) is 10.9. The third-order valence-corrected chi connectivity index (χ3v) is 2.74. The molecular weight excluding hydrogens is 250 g/mol. The second-order valence-electron chi connectivity index (χ2n) is 4.40. The van der Waals surface area contributed by atoms with Crippen molar-refractivity contribution in [1.82, 2.24) is 10.3 Å². The first kappa shape index (κ1) is 13.7. The first-order valence-electron chi connectivity index (χ1n) is 6.25. The molecule has 1 aromatic heterocycles. The average Bonchev–Trinajstić information content (AvgIpc) is 2.84. The quantitative estimate of drug-likeness (QED) is 0.897. The zero-order chi connectivity index (χ0) is 13.8. The lowest BCUT2D eigenvalue weighted by Crippen LogP contribution is -2.19. The highest BCUT2D eigenvalue weighted by molar-refractivity contribution is 5.56. The highest BCUT2D eigenvalue weighted by Gasteiger charge is 2.13. The van der Waals surface area contributed by atoms with E-state index in [9.17, 15) is 8.78 Å². The third-order valence-electron chi connectivity index (χ3n) is 2.74. The number of nitrogens with one attached hydrogen (secondary N) is 1. The molecule has 1 N–H and O–H groups in total. The van der Waals surface area contributed by atoms with Crippen molar-refractivity contribution >= 4 is 0 Å². The number of benzene rings is 1. The van der Waals surface area contributed by atoms with Gasteiger partial charge in [-0.25, -0.2) is 13.8 Å². The van der Waals surface area contributed by atoms with Crippen LogP contribution in [0.2, 0.25) is 0 Å². The predicted octanol–water partition coefficient (Wildman–Crippen LogP) is 3.68. The number of halogens is 2. The fourth-order valence-corrected chi connectivity index (χ4v) is 1.77. The molecule has 0 amide bonds. The summed E-state index contributed by atoms with van der Waals surface area (Å²) in [6.45, 7) is 4.85. The average molecular weight is 266 g/mol. The van der Waals surface area contributed by atoms with E-state index in [1.54, 1.807) is 0 Å². The summed E-state index contributed by atoms with van der Waals surface area (Å²) in [5, 5.41) is 3.23. The maximum Gasteiger partial charge on any atom is 0.211 e. The Morgan fingerprint density at radius 2 is 1.95 bits per heavy atom. The number of aromatic nitrogens is 1. The van der Waals surface area contributed by atoms with Crippen molar-refractivity contribution in [3.8, 4) is 11.3 Å². The van der Waals surface area contributed by atoms with E-state index in [4.69, 9.17) is 4.42 Å². The van der Waals surface area contributed by atoms with Gasteiger partial charge in [0.15, 0.2) is 5.76 Å². The smallest absolute Gasteiger partial charge is 0.211 e. The van der Waals surface area contributed by atoms with Crippen LogP contribution in [0.5, 0.6) is 0 Å². The van der Waals surface area contributed by atoms with Gasteiger partial charge < -0.3 is 9.73 Å². The van der Waals surface area contributed by atoms with Gasteiger partial charge in [-0.05, 0) is 32.0 Å². The van der Waals surface area contributed by atoms with E-state index in [1.807, 2.05) is 6.92 Å². The van der Waals surface area contributed by atoms with Gasteiger partial charge in [-0.15, -0.1) is 0 Å². The van der Waals surface area contributed by atoms with Crippen LogP contribution in [-0.4, -0.2) is 11.5 Å². The van der Waals surface area contributed by atoms with Crippen LogP contribution in [0.1, 0.15) is 32.2 Å². The summed E-state index contributed by atoms with van der Waals surface area (Å²) in [5.41, 5.74) is 0.346. The molecule has 0 bridgehead atoms. The minimum Gasteiger partial charge on any atom is -0.439 e. The van der Waals surface area contributed by atoms with E-state index >= 15 is 0 Å². The van der Waals surface area contributed by atoms with Gasteiger partial charge in [-0.2, -0.15) is 0 Å². The van der Waals surface area contributed by atoms with Gasteiger partial charge in [0.25, 0.3) is 0 Å². The molecule has 102 valence electrons. The maximum atomic E-state index is 13.1. The summed E-state index contributed by atoms with van der Waals surface area (Å²) in [5.74, 6) is -0.401. The van der Waals surface area contributed by atoms with Crippen LogP contribution in [0, 0.1) is 11.6 Å². The van der Waals surface area contributed by atoms with Crippen molar-refractivity contribution in [3.63, 3.8) is 0 Å². The molecule has 2 rings (SSSR count). The molecule has 0 aliphatic carbocycles. The summed E-state index contributed by atoms with van der Waals surface area (Å²) in [7, 11) is 0. The molecule has 1 atom stereocenters. The Balaban J connectivity index is 2.20. The van der Waals surface area contributed by atoms with Gasteiger partial charge in [0.05, 0.1) is 12.2 Å². The summed E-state index contributed by atoms with van der Waals surface area (Å²) in [6.07, 6.45) is 2.49. The van der Waals surface area contributed by atoms with Crippen molar-refractivity contribution in [2.45, 2.75) is 26.3 Å². The minimum atomic E-state index is -0.634. The number of hydrogen-bond acceptors (Lipinski definition) is 3. The van der Waals surface area contributed by atoms with Crippen LogP contribution in [-0.2, 0) is 0 Å². The Hall–Kier alpha value is -1.75. The van der Waals surface area contributed by atoms with Crippen LogP contribution >= 0.6 is 0 Å². The topological polar surface area (TPSA) is 38.1 Å². The summed E-state index contributed by atoms with van der Waals surface area (Å²) in [6, 6.07) is 3.23. The standard InChI is InChI=1S/C14H16F2N2O/c1-3-4-17-9(2)14-18-8-13(19-14)10-5-11(15)7-12(16)6-10/h5-9,17H,3-4H2,1-2H3.